The van der Waals surface area contributed by atoms with Gasteiger partial charge >= 0.3 is 0 Å². The second kappa shape index (κ2) is 10.6. The van der Waals surface area contributed by atoms with Gasteiger partial charge in [-0.05, 0) is 92.1 Å². The maximum Gasteiger partial charge on any atom is 0.264 e. The van der Waals surface area contributed by atoms with Crippen LogP contribution in [-0.2, 0) is 27.7 Å². The van der Waals surface area contributed by atoms with Crippen molar-refractivity contribution in [1.82, 2.24) is 5.32 Å². The fourth-order valence-electron chi connectivity index (χ4n) is 4.52. The van der Waals surface area contributed by atoms with E-state index in [0.29, 0.717) is 12.1 Å². The largest absolute Gasteiger partial charge is 0.348 e. The predicted octanol–water partition coefficient (Wildman–Crippen LogP) is 5.48. The van der Waals surface area contributed by atoms with E-state index in [1.54, 1.807) is 24.3 Å². The Bertz CT molecular complexity index is 1290. The van der Waals surface area contributed by atoms with Crippen molar-refractivity contribution in [2.24, 2.45) is 0 Å². The van der Waals surface area contributed by atoms with Crippen molar-refractivity contribution in [3.63, 3.8) is 0 Å². The molecule has 7 heteroatoms. The first-order valence-electron chi connectivity index (χ1n) is 12.0. The van der Waals surface area contributed by atoms with Crippen LogP contribution in [0.15, 0.2) is 71.6 Å². The van der Waals surface area contributed by atoms with Gasteiger partial charge in [0.1, 0.15) is 12.4 Å². The van der Waals surface area contributed by atoms with Gasteiger partial charge in [0.05, 0.1) is 16.6 Å². The number of rotatable bonds is 8. The molecule has 184 valence electrons. The van der Waals surface area contributed by atoms with E-state index in [2.05, 4.69) is 23.5 Å². The van der Waals surface area contributed by atoms with Gasteiger partial charge in [-0.15, -0.1) is 0 Å². The molecule has 3 aromatic rings. The molecule has 1 aliphatic carbocycles. The van der Waals surface area contributed by atoms with Crippen LogP contribution in [0.2, 0.25) is 0 Å². The Balaban J connectivity index is 1.59. The van der Waals surface area contributed by atoms with Crippen LogP contribution in [0.25, 0.3) is 0 Å². The van der Waals surface area contributed by atoms with Crippen LogP contribution in [0.1, 0.15) is 54.5 Å². The summed E-state index contributed by atoms with van der Waals surface area (Å²) in [6.45, 7) is 3.52. The molecule has 1 aliphatic rings. The van der Waals surface area contributed by atoms with Crippen molar-refractivity contribution < 1.29 is 17.6 Å². The summed E-state index contributed by atoms with van der Waals surface area (Å²) in [4.78, 5) is 13.1. The summed E-state index contributed by atoms with van der Waals surface area (Å²) in [5.74, 6) is -0.930. The van der Waals surface area contributed by atoms with Crippen molar-refractivity contribution in [1.29, 1.82) is 0 Å². The van der Waals surface area contributed by atoms with E-state index in [9.17, 15) is 17.6 Å². The fourth-order valence-corrected chi connectivity index (χ4v) is 5.94. The van der Waals surface area contributed by atoms with E-state index in [0.717, 1.165) is 40.4 Å². The molecular formula is C28H31FN2O3S. The molecule has 0 bridgehead atoms. The van der Waals surface area contributed by atoms with Gasteiger partial charge in [0.15, 0.2) is 0 Å². The lowest BCUT2D eigenvalue weighted by Crippen LogP contribution is -2.42. The number of carbonyl (C=O) groups excluding carboxylic acids is 1. The third-order valence-corrected chi connectivity index (χ3v) is 8.32. The normalized spacial score (nSPS) is 14.1. The van der Waals surface area contributed by atoms with Crippen LogP contribution in [-0.4, -0.2) is 20.9 Å². The molecule has 3 aromatic carbocycles. The number of sulfonamides is 1. The molecule has 0 unspecified atom stereocenters. The SMILES string of the molecule is CC[C@H](NC(=O)CN(c1ccc(C)cc1)S(=O)(=O)c1ccc(F)cc1)c1ccc2c(c1)CCCC2. The molecule has 35 heavy (non-hydrogen) atoms. The molecule has 5 nitrogen and oxygen atoms in total. The molecule has 0 aromatic heterocycles. The highest BCUT2D eigenvalue weighted by Crippen LogP contribution is 2.27. The van der Waals surface area contributed by atoms with Crippen LogP contribution in [0, 0.1) is 12.7 Å². The summed E-state index contributed by atoms with van der Waals surface area (Å²) in [6, 6.07) is 17.7. The molecule has 0 heterocycles. The summed E-state index contributed by atoms with van der Waals surface area (Å²) in [5.41, 5.74) is 5.08. The van der Waals surface area contributed by atoms with Crippen LogP contribution in [0.5, 0.6) is 0 Å². The molecule has 1 N–H and O–H groups in total. The Kier molecular flexibility index (Phi) is 7.55. The van der Waals surface area contributed by atoms with Crippen LogP contribution in [0.3, 0.4) is 0 Å². The number of benzene rings is 3. The van der Waals surface area contributed by atoms with Gasteiger partial charge in [0.2, 0.25) is 5.91 Å². The lowest BCUT2D eigenvalue weighted by molar-refractivity contribution is -0.120. The number of amides is 1. The average Bonchev–Trinajstić information content (AvgIpc) is 2.86. The van der Waals surface area contributed by atoms with E-state index < -0.39 is 21.7 Å². The van der Waals surface area contributed by atoms with Gasteiger partial charge < -0.3 is 5.32 Å². The summed E-state index contributed by atoms with van der Waals surface area (Å²) in [6.07, 6.45) is 5.19. The Morgan fingerprint density at radius 3 is 2.29 bits per heavy atom. The molecule has 1 amide bonds. The lowest BCUT2D eigenvalue weighted by atomic mass is 9.89. The van der Waals surface area contributed by atoms with E-state index in [1.807, 2.05) is 13.8 Å². The molecular weight excluding hydrogens is 463 g/mol. The number of carbonyl (C=O) groups is 1. The third kappa shape index (κ3) is 5.73. The number of nitrogens with one attached hydrogen (secondary N) is 1. The quantitative estimate of drug-likeness (QED) is 0.451. The van der Waals surface area contributed by atoms with Crippen LogP contribution in [0.4, 0.5) is 10.1 Å². The second-order valence-corrected chi connectivity index (χ2v) is 10.9. The van der Waals surface area contributed by atoms with Gasteiger partial charge in [0, 0.05) is 0 Å². The number of hydrogen-bond donors (Lipinski definition) is 1. The fraction of sp³-hybridized carbons (Fsp3) is 0.321. The van der Waals surface area contributed by atoms with E-state index >= 15 is 0 Å². The molecule has 4 rings (SSSR count). The number of aryl methyl sites for hydroxylation is 3. The van der Waals surface area contributed by atoms with Crippen LogP contribution >= 0.6 is 0 Å². The monoisotopic (exact) mass is 494 g/mol. The smallest absolute Gasteiger partial charge is 0.264 e. The number of hydrogen-bond acceptors (Lipinski definition) is 3. The van der Waals surface area contributed by atoms with Crippen LogP contribution < -0.4 is 9.62 Å². The zero-order valence-corrected chi connectivity index (χ0v) is 20.9. The topological polar surface area (TPSA) is 66.5 Å². The highest BCUT2D eigenvalue weighted by molar-refractivity contribution is 7.92. The molecule has 0 aliphatic heterocycles. The molecule has 0 radical (unpaired) electrons. The first-order chi connectivity index (χ1) is 16.8. The van der Waals surface area contributed by atoms with Gasteiger partial charge in [-0.2, -0.15) is 0 Å². The molecule has 1 atom stereocenters. The van der Waals surface area contributed by atoms with Gasteiger partial charge in [-0.25, -0.2) is 12.8 Å². The third-order valence-electron chi connectivity index (χ3n) is 6.53. The Hall–Kier alpha value is -3.19. The van der Waals surface area contributed by atoms with Gasteiger partial charge in [-0.3, -0.25) is 9.10 Å². The maximum absolute atomic E-state index is 13.5. The average molecular weight is 495 g/mol. The minimum atomic E-state index is -4.09. The summed E-state index contributed by atoms with van der Waals surface area (Å²) in [7, 11) is -4.09. The Morgan fingerprint density at radius 1 is 0.971 bits per heavy atom. The second-order valence-electron chi connectivity index (χ2n) is 9.06. The van der Waals surface area contributed by atoms with Crippen molar-refractivity contribution >= 4 is 21.6 Å². The first-order valence-corrected chi connectivity index (χ1v) is 13.5. The Labute approximate surface area is 207 Å². The summed E-state index contributed by atoms with van der Waals surface area (Å²) < 4.78 is 41.5. The molecule has 0 saturated carbocycles. The summed E-state index contributed by atoms with van der Waals surface area (Å²) >= 11 is 0. The van der Waals surface area contributed by atoms with Gasteiger partial charge in [-0.1, -0.05) is 42.8 Å². The zero-order chi connectivity index (χ0) is 25.0. The minimum Gasteiger partial charge on any atom is -0.348 e. The van der Waals surface area contributed by atoms with Crippen molar-refractivity contribution in [2.75, 3.05) is 10.8 Å². The molecule has 0 saturated heterocycles. The number of anilines is 1. The molecule has 0 spiro atoms. The number of halogens is 1. The van der Waals surface area contributed by atoms with Gasteiger partial charge in [0.25, 0.3) is 10.0 Å². The molecule has 0 fully saturated rings. The highest BCUT2D eigenvalue weighted by atomic mass is 32.2. The van der Waals surface area contributed by atoms with E-state index in [1.165, 1.54) is 36.1 Å². The first kappa shape index (κ1) is 24.9. The van der Waals surface area contributed by atoms with E-state index in [-0.39, 0.29) is 17.5 Å². The highest BCUT2D eigenvalue weighted by Gasteiger charge is 2.28. The summed E-state index contributed by atoms with van der Waals surface area (Å²) in [5, 5.41) is 3.03. The predicted molar refractivity (Wildman–Crippen MR) is 136 cm³/mol. The van der Waals surface area contributed by atoms with Crippen molar-refractivity contribution in [3.8, 4) is 0 Å². The zero-order valence-electron chi connectivity index (χ0n) is 20.1. The Morgan fingerprint density at radius 2 is 1.63 bits per heavy atom. The lowest BCUT2D eigenvalue weighted by Gasteiger charge is -2.26. The maximum atomic E-state index is 13.5. The van der Waals surface area contributed by atoms with Crippen molar-refractivity contribution in [2.45, 2.75) is 56.9 Å². The number of nitrogens with zero attached hydrogens (tertiary/aromatic N) is 1. The number of fused-ring (bicyclic) bond motifs is 1. The van der Waals surface area contributed by atoms with Crippen molar-refractivity contribution in [3.05, 3.63) is 94.8 Å². The van der Waals surface area contributed by atoms with E-state index in [4.69, 9.17) is 0 Å². The standard InChI is InChI=1S/C28H31FN2O3S/c1-3-27(23-11-10-21-6-4-5-7-22(21)18-23)30-28(32)19-31(25-14-8-20(2)9-15-25)35(33,34)26-16-12-24(29)13-17-26/h8-18,27H,3-7,19H2,1-2H3,(H,30,32)/t27-/m0/s1. The minimum absolute atomic E-state index is 0.0750.